The van der Waals surface area contributed by atoms with Crippen LogP contribution in [0.15, 0.2) is 35.0 Å². The maximum absolute atomic E-state index is 13.5. The van der Waals surface area contributed by atoms with Crippen LogP contribution in [0.2, 0.25) is 0 Å². The van der Waals surface area contributed by atoms with Gasteiger partial charge in [0.1, 0.15) is 17.2 Å². The molecule has 1 N–H and O–H groups in total. The monoisotopic (exact) mass is 310 g/mol. The van der Waals surface area contributed by atoms with Gasteiger partial charge in [0.2, 0.25) is 0 Å². The predicted octanol–water partition coefficient (Wildman–Crippen LogP) is 3.06. The van der Waals surface area contributed by atoms with Gasteiger partial charge in [0.15, 0.2) is 0 Å². The van der Waals surface area contributed by atoms with Crippen molar-refractivity contribution in [1.29, 1.82) is 0 Å². The van der Waals surface area contributed by atoms with Crippen LogP contribution in [0.25, 0.3) is 0 Å². The fraction of sp³-hybridized carbons (Fsp3) is 0.267. The molecule has 1 unspecified atom stereocenters. The van der Waals surface area contributed by atoms with E-state index in [0.29, 0.717) is 0 Å². The molecule has 112 valence electrons. The number of hydrogen-bond acceptors (Lipinski definition) is 3. The number of carbonyl (C=O) groups is 1. The van der Waals surface area contributed by atoms with E-state index in [1.54, 1.807) is 11.3 Å². The number of benzene rings is 1. The lowest BCUT2D eigenvalue weighted by atomic mass is 10.1. The van der Waals surface area contributed by atoms with Crippen LogP contribution in [0.4, 0.5) is 8.78 Å². The van der Waals surface area contributed by atoms with Gasteiger partial charge in [0.05, 0.1) is 6.04 Å². The average Bonchev–Trinajstić information content (AvgIpc) is 2.92. The van der Waals surface area contributed by atoms with Crippen LogP contribution < -0.4 is 5.32 Å². The van der Waals surface area contributed by atoms with Gasteiger partial charge in [-0.15, -0.1) is 0 Å². The Labute approximate surface area is 126 Å². The third-order valence-electron chi connectivity index (χ3n) is 3.20. The minimum Gasteiger partial charge on any atom is -0.350 e. The highest BCUT2D eigenvalue weighted by Gasteiger charge is 2.20. The van der Waals surface area contributed by atoms with E-state index in [0.717, 1.165) is 17.7 Å². The zero-order chi connectivity index (χ0) is 15.4. The van der Waals surface area contributed by atoms with Crippen LogP contribution >= 0.6 is 11.3 Å². The highest BCUT2D eigenvalue weighted by atomic mass is 32.1. The molecule has 0 bridgehead atoms. The molecule has 0 aliphatic heterocycles. The molecule has 1 atom stereocenters. The molecule has 1 aromatic heterocycles. The second-order valence-corrected chi connectivity index (χ2v) is 5.62. The van der Waals surface area contributed by atoms with Crippen molar-refractivity contribution in [3.63, 3.8) is 0 Å². The molecule has 0 fully saturated rings. The van der Waals surface area contributed by atoms with Gasteiger partial charge in [-0.1, -0.05) is 6.07 Å². The van der Waals surface area contributed by atoms with Gasteiger partial charge in [0.25, 0.3) is 5.91 Å². The lowest BCUT2D eigenvalue weighted by Crippen LogP contribution is -2.35. The molecule has 0 aliphatic carbocycles. The highest BCUT2D eigenvalue weighted by molar-refractivity contribution is 7.07. The highest BCUT2D eigenvalue weighted by Crippen LogP contribution is 2.20. The Balaban J connectivity index is 2.09. The van der Waals surface area contributed by atoms with Crippen molar-refractivity contribution < 1.29 is 13.6 Å². The largest absolute Gasteiger partial charge is 0.350 e. The molecule has 1 heterocycles. The zero-order valence-electron chi connectivity index (χ0n) is 11.8. The van der Waals surface area contributed by atoms with Crippen molar-refractivity contribution in [1.82, 2.24) is 10.2 Å². The van der Waals surface area contributed by atoms with Gasteiger partial charge in [-0.3, -0.25) is 4.79 Å². The lowest BCUT2D eigenvalue weighted by Gasteiger charge is -2.24. The first-order valence-corrected chi connectivity index (χ1v) is 7.35. The number of carbonyl (C=O) groups excluding carboxylic acids is 1. The number of rotatable bonds is 5. The Morgan fingerprint density at radius 2 is 1.95 bits per heavy atom. The first kappa shape index (κ1) is 15.6. The molecule has 0 saturated carbocycles. The van der Waals surface area contributed by atoms with E-state index in [2.05, 4.69) is 5.32 Å². The Morgan fingerprint density at radius 3 is 2.48 bits per heavy atom. The Bertz CT molecular complexity index is 594. The molecule has 0 spiro atoms. The molecule has 21 heavy (non-hydrogen) atoms. The third-order valence-corrected chi connectivity index (χ3v) is 3.90. The van der Waals surface area contributed by atoms with E-state index in [4.69, 9.17) is 0 Å². The number of thiophene rings is 1. The number of likely N-dealkylation sites (N-methyl/N-ethyl adjacent to an activating group) is 1. The minimum absolute atomic E-state index is 0.0463. The standard InChI is InChI=1S/C15H16F2N2OS/c1-19(2)13(10-6-7-21-9-10)8-18-15(20)14-11(16)4-3-5-12(14)17/h3-7,9,13H,8H2,1-2H3,(H,18,20). The van der Waals surface area contributed by atoms with Crippen molar-refractivity contribution in [3.8, 4) is 0 Å². The number of amides is 1. The van der Waals surface area contributed by atoms with Crippen molar-refractivity contribution in [2.75, 3.05) is 20.6 Å². The molecule has 0 saturated heterocycles. The van der Waals surface area contributed by atoms with E-state index in [1.165, 1.54) is 6.07 Å². The van der Waals surface area contributed by atoms with Crippen molar-refractivity contribution in [3.05, 3.63) is 57.8 Å². The SMILES string of the molecule is CN(C)C(CNC(=O)c1c(F)cccc1F)c1ccsc1. The van der Waals surface area contributed by atoms with E-state index in [-0.39, 0.29) is 12.6 Å². The molecule has 1 amide bonds. The zero-order valence-corrected chi connectivity index (χ0v) is 12.6. The van der Waals surface area contributed by atoms with E-state index in [1.807, 2.05) is 35.8 Å². The van der Waals surface area contributed by atoms with Gasteiger partial charge in [0, 0.05) is 6.54 Å². The number of nitrogens with zero attached hydrogens (tertiary/aromatic N) is 1. The molecular formula is C15H16F2N2OS. The quantitative estimate of drug-likeness (QED) is 0.920. The van der Waals surface area contributed by atoms with E-state index >= 15 is 0 Å². The summed E-state index contributed by atoms with van der Waals surface area (Å²) in [6, 6.07) is 5.29. The molecule has 1 aromatic carbocycles. The topological polar surface area (TPSA) is 32.3 Å². The van der Waals surface area contributed by atoms with Crippen LogP contribution in [0.3, 0.4) is 0 Å². The summed E-state index contributed by atoms with van der Waals surface area (Å²) in [5.74, 6) is -2.46. The molecule has 2 rings (SSSR count). The molecular weight excluding hydrogens is 294 g/mol. The van der Waals surface area contributed by atoms with Gasteiger partial charge >= 0.3 is 0 Å². The predicted molar refractivity (Wildman–Crippen MR) is 79.4 cm³/mol. The molecule has 0 radical (unpaired) electrons. The van der Waals surface area contributed by atoms with Gasteiger partial charge < -0.3 is 10.2 Å². The first-order chi connectivity index (χ1) is 10.0. The summed E-state index contributed by atoms with van der Waals surface area (Å²) < 4.78 is 27.1. The van der Waals surface area contributed by atoms with Crippen LogP contribution in [0.5, 0.6) is 0 Å². The maximum atomic E-state index is 13.5. The van der Waals surface area contributed by atoms with Crippen LogP contribution in [-0.4, -0.2) is 31.4 Å². The average molecular weight is 310 g/mol. The summed E-state index contributed by atoms with van der Waals surface area (Å²) in [5.41, 5.74) is 0.514. The molecule has 3 nitrogen and oxygen atoms in total. The normalized spacial score (nSPS) is 12.4. The fourth-order valence-corrected chi connectivity index (χ4v) is 2.76. The second-order valence-electron chi connectivity index (χ2n) is 4.84. The Hall–Kier alpha value is -1.79. The van der Waals surface area contributed by atoms with Gasteiger partial charge in [-0.25, -0.2) is 8.78 Å². The lowest BCUT2D eigenvalue weighted by molar-refractivity contribution is 0.0933. The Morgan fingerprint density at radius 1 is 1.29 bits per heavy atom. The van der Waals surface area contributed by atoms with Crippen molar-refractivity contribution in [2.24, 2.45) is 0 Å². The Kier molecular flexibility index (Phi) is 5.03. The van der Waals surface area contributed by atoms with Gasteiger partial charge in [-0.05, 0) is 48.6 Å². The number of nitrogens with one attached hydrogen (secondary N) is 1. The summed E-state index contributed by atoms with van der Waals surface area (Å²) in [7, 11) is 3.77. The first-order valence-electron chi connectivity index (χ1n) is 6.41. The third kappa shape index (κ3) is 3.65. The van der Waals surface area contributed by atoms with Crippen molar-refractivity contribution in [2.45, 2.75) is 6.04 Å². The summed E-state index contributed by atoms with van der Waals surface area (Å²) in [5, 5.41) is 6.53. The van der Waals surface area contributed by atoms with Gasteiger partial charge in [-0.2, -0.15) is 11.3 Å². The number of hydrogen-bond donors (Lipinski definition) is 1. The van der Waals surface area contributed by atoms with Crippen LogP contribution in [-0.2, 0) is 0 Å². The number of halogens is 2. The molecule has 2 aromatic rings. The molecule has 6 heteroatoms. The summed E-state index contributed by atoms with van der Waals surface area (Å²) in [6.45, 7) is 0.274. The maximum Gasteiger partial charge on any atom is 0.257 e. The van der Waals surface area contributed by atoms with E-state index in [9.17, 15) is 13.6 Å². The van der Waals surface area contributed by atoms with E-state index < -0.39 is 23.1 Å². The van der Waals surface area contributed by atoms with Crippen LogP contribution in [0.1, 0.15) is 22.0 Å². The summed E-state index contributed by atoms with van der Waals surface area (Å²) in [4.78, 5) is 13.9. The second kappa shape index (κ2) is 6.78. The summed E-state index contributed by atoms with van der Waals surface area (Å²) >= 11 is 1.56. The van der Waals surface area contributed by atoms with Crippen molar-refractivity contribution >= 4 is 17.2 Å². The molecule has 0 aliphatic rings. The fourth-order valence-electron chi connectivity index (χ4n) is 2.06. The minimum atomic E-state index is -0.857. The summed E-state index contributed by atoms with van der Waals surface area (Å²) in [6.07, 6.45) is 0. The smallest absolute Gasteiger partial charge is 0.257 e. The van der Waals surface area contributed by atoms with Crippen LogP contribution in [0, 0.1) is 11.6 Å².